The monoisotopic (exact) mass is 299 g/mol. The van der Waals surface area contributed by atoms with Gasteiger partial charge in [0.25, 0.3) is 5.91 Å². The lowest BCUT2D eigenvalue weighted by Gasteiger charge is -2.22. The first-order chi connectivity index (χ1) is 10.0. The van der Waals surface area contributed by atoms with E-state index in [0.717, 1.165) is 0 Å². The summed E-state index contributed by atoms with van der Waals surface area (Å²) in [6.45, 7) is -2.52. The third kappa shape index (κ3) is 3.48. The standard InChI is InChI=1S/C14H15F2NO4/c1-20-13(19)11-6-3-7-17(11)12(18)9-4-2-5-10(8-9)21-14(15)16/h2,4-5,8,11,14H,3,6-7H2,1H3. The number of alkyl halides is 2. The van der Waals surface area contributed by atoms with Gasteiger partial charge in [-0.1, -0.05) is 6.07 Å². The van der Waals surface area contributed by atoms with Crippen molar-refractivity contribution in [2.75, 3.05) is 13.7 Å². The molecule has 0 radical (unpaired) electrons. The number of methoxy groups -OCH3 is 1. The Balaban J connectivity index is 2.17. The number of carbonyl (C=O) groups is 2. The van der Waals surface area contributed by atoms with E-state index in [9.17, 15) is 18.4 Å². The van der Waals surface area contributed by atoms with Gasteiger partial charge in [-0.15, -0.1) is 0 Å². The fourth-order valence-electron chi connectivity index (χ4n) is 2.36. The Labute approximate surface area is 120 Å². The van der Waals surface area contributed by atoms with Crippen LogP contribution >= 0.6 is 0 Å². The molecule has 0 spiro atoms. The van der Waals surface area contributed by atoms with Crippen molar-refractivity contribution in [3.8, 4) is 5.75 Å². The molecule has 1 aromatic carbocycles. The van der Waals surface area contributed by atoms with Gasteiger partial charge >= 0.3 is 12.6 Å². The van der Waals surface area contributed by atoms with Gasteiger partial charge < -0.3 is 14.4 Å². The zero-order chi connectivity index (χ0) is 15.4. The zero-order valence-electron chi connectivity index (χ0n) is 11.4. The van der Waals surface area contributed by atoms with Gasteiger partial charge in [0, 0.05) is 12.1 Å². The van der Waals surface area contributed by atoms with Crippen molar-refractivity contribution < 1.29 is 27.8 Å². The molecule has 0 saturated carbocycles. The summed E-state index contributed by atoms with van der Waals surface area (Å²) in [7, 11) is 1.26. The largest absolute Gasteiger partial charge is 0.467 e. The van der Waals surface area contributed by atoms with Gasteiger partial charge in [-0.2, -0.15) is 8.78 Å². The predicted molar refractivity (Wildman–Crippen MR) is 69.1 cm³/mol. The lowest BCUT2D eigenvalue weighted by molar-refractivity contribution is -0.145. The first kappa shape index (κ1) is 15.2. The van der Waals surface area contributed by atoms with E-state index in [1.54, 1.807) is 0 Å². The number of carbonyl (C=O) groups excluding carboxylic acids is 2. The minimum atomic E-state index is -2.95. The van der Waals surface area contributed by atoms with Crippen LogP contribution in [0.15, 0.2) is 24.3 Å². The van der Waals surface area contributed by atoms with Gasteiger partial charge in [-0.05, 0) is 31.0 Å². The minimum Gasteiger partial charge on any atom is -0.467 e. The summed E-state index contributed by atoms with van der Waals surface area (Å²) in [4.78, 5) is 25.4. The lowest BCUT2D eigenvalue weighted by Crippen LogP contribution is -2.41. The molecule has 1 aromatic rings. The topological polar surface area (TPSA) is 55.8 Å². The molecule has 7 heteroatoms. The Hall–Kier alpha value is -2.18. The van der Waals surface area contributed by atoms with Crippen LogP contribution in [0.4, 0.5) is 8.78 Å². The molecule has 2 rings (SSSR count). The number of rotatable bonds is 4. The third-order valence-electron chi connectivity index (χ3n) is 3.29. The van der Waals surface area contributed by atoms with E-state index in [1.807, 2.05) is 0 Å². The summed E-state index contributed by atoms with van der Waals surface area (Å²) in [5.74, 6) is -0.965. The highest BCUT2D eigenvalue weighted by atomic mass is 19.3. The van der Waals surface area contributed by atoms with Crippen LogP contribution < -0.4 is 4.74 Å². The van der Waals surface area contributed by atoms with Crippen LogP contribution in [0.5, 0.6) is 5.75 Å². The van der Waals surface area contributed by atoms with Crippen LogP contribution in [0, 0.1) is 0 Å². The van der Waals surface area contributed by atoms with E-state index in [1.165, 1.54) is 36.3 Å². The van der Waals surface area contributed by atoms with Crippen molar-refractivity contribution in [2.45, 2.75) is 25.5 Å². The zero-order valence-corrected chi connectivity index (χ0v) is 11.4. The Bertz CT molecular complexity index is 535. The highest BCUT2D eigenvalue weighted by molar-refractivity contribution is 5.97. The van der Waals surface area contributed by atoms with Crippen LogP contribution in [-0.2, 0) is 9.53 Å². The Morgan fingerprint density at radius 2 is 2.14 bits per heavy atom. The second-order valence-corrected chi connectivity index (χ2v) is 4.59. The van der Waals surface area contributed by atoms with E-state index < -0.39 is 24.5 Å². The number of hydrogen-bond acceptors (Lipinski definition) is 4. The molecule has 0 N–H and O–H groups in total. The molecular formula is C14H15F2NO4. The number of ether oxygens (including phenoxy) is 2. The van der Waals surface area contributed by atoms with Gasteiger partial charge in [0.1, 0.15) is 11.8 Å². The number of benzene rings is 1. The minimum absolute atomic E-state index is 0.0929. The molecule has 0 bridgehead atoms. The van der Waals surface area contributed by atoms with Crippen molar-refractivity contribution in [2.24, 2.45) is 0 Å². The molecule has 5 nitrogen and oxygen atoms in total. The average Bonchev–Trinajstić information content (AvgIpc) is 2.94. The molecule has 1 unspecified atom stereocenters. The normalized spacial score (nSPS) is 17.9. The van der Waals surface area contributed by atoms with Gasteiger partial charge in [0.05, 0.1) is 7.11 Å². The quantitative estimate of drug-likeness (QED) is 0.799. The fraction of sp³-hybridized carbons (Fsp3) is 0.429. The molecule has 0 aliphatic carbocycles. The van der Waals surface area contributed by atoms with Crippen LogP contribution in [0.1, 0.15) is 23.2 Å². The maximum Gasteiger partial charge on any atom is 0.387 e. The molecule has 0 aromatic heterocycles. The molecule has 1 heterocycles. The lowest BCUT2D eigenvalue weighted by atomic mass is 10.1. The maximum atomic E-state index is 12.4. The average molecular weight is 299 g/mol. The van der Waals surface area contributed by atoms with Gasteiger partial charge in [0.15, 0.2) is 0 Å². The number of nitrogens with zero attached hydrogens (tertiary/aromatic N) is 1. The summed E-state index contributed by atoms with van der Waals surface area (Å²) in [5, 5.41) is 0. The van der Waals surface area contributed by atoms with E-state index in [2.05, 4.69) is 9.47 Å². The summed E-state index contributed by atoms with van der Waals surface area (Å²) in [5.41, 5.74) is 0.198. The van der Waals surface area contributed by atoms with Crippen LogP contribution in [0.25, 0.3) is 0 Å². The van der Waals surface area contributed by atoms with Crippen LogP contribution in [0.3, 0.4) is 0 Å². The van der Waals surface area contributed by atoms with Crippen LogP contribution in [-0.4, -0.2) is 43.1 Å². The summed E-state index contributed by atoms with van der Waals surface area (Å²) < 4.78 is 33.3. The van der Waals surface area contributed by atoms with E-state index in [-0.39, 0.29) is 11.3 Å². The predicted octanol–water partition coefficient (Wildman–Crippen LogP) is 2.07. The first-order valence-electron chi connectivity index (χ1n) is 6.46. The molecule has 1 saturated heterocycles. The van der Waals surface area contributed by atoms with E-state index >= 15 is 0 Å². The smallest absolute Gasteiger partial charge is 0.387 e. The SMILES string of the molecule is COC(=O)C1CCCN1C(=O)c1cccc(OC(F)F)c1. The van der Waals surface area contributed by atoms with Crippen molar-refractivity contribution in [1.29, 1.82) is 0 Å². The number of hydrogen-bond donors (Lipinski definition) is 0. The molecule has 1 atom stereocenters. The third-order valence-corrected chi connectivity index (χ3v) is 3.29. The highest BCUT2D eigenvalue weighted by Gasteiger charge is 2.35. The van der Waals surface area contributed by atoms with Crippen molar-refractivity contribution in [3.05, 3.63) is 29.8 Å². The van der Waals surface area contributed by atoms with E-state index in [4.69, 9.17) is 0 Å². The van der Waals surface area contributed by atoms with Crippen LogP contribution in [0.2, 0.25) is 0 Å². The van der Waals surface area contributed by atoms with Gasteiger partial charge in [0.2, 0.25) is 0 Å². The second kappa shape index (κ2) is 6.51. The number of likely N-dealkylation sites (tertiary alicyclic amines) is 1. The molecule has 114 valence electrons. The molecular weight excluding hydrogens is 284 g/mol. The molecule has 1 aliphatic heterocycles. The molecule has 1 aliphatic rings. The Kier molecular flexibility index (Phi) is 4.72. The second-order valence-electron chi connectivity index (χ2n) is 4.59. The Morgan fingerprint density at radius 3 is 2.81 bits per heavy atom. The van der Waals surface area contributed by atoms with Crippen molar-refractivity contribution in [3.63, 3.8) is 0 Å². The first-order valence-corrected chi connectivity index (χ1v) is 6.46. The molecule has 1 amide bonds. The molecule has 1 fully saturated rings. The molecule has 21 heavy (non-hydrogen) atoms. The number of halogens is 2. The summed E-state index contributed by atoms with van der Waals surface area (Å²) in [6.07, 6.45) is 1.23. The van der Waals surface area contributed by atoms with Gasteiger partial charge in [-0.25, -0.2) is 4.79 Å². The van der Waals surface area contributed by atoms with Crippen molar-refractivity contribution in [1.82, 2.24) is 4.90 Å². The fourth-order valence-corrected chi connectivity index (χ4v) is 2.36. The summed E-state index contributed by atoms with van der Waals surface area (Å²) >= 11 is 0. The maximum absolute atomic E-state index is 12.4. The Morgan fingerprint density at radius 1 is 1.38 bits per heavy atom. The number of amides is 1. The highest BCUT2D eigenvalue weighted by Crippen LogP contribution is 2.23. The van der Waals surface area contributed by atoms with Crippen molar-refractivity contribution >= 4 is 11.9 Å². The number of esters is 1. The van der Waals surface area contributed by atoms with Gasteiger partial charge in [-0.3, -0.25) is 4.79 Å². The summed E-state index contributed by atoms with van der Waals surface area (Å²) in [6, 6.07) is 4.90. The van der Waals surface area contributed by atoms with E-state index in [0.29, 0.717) is 19.4 Å².